The molecule has 0 saturated heterocycles. The van der Waals surface area contributed by atoms with E-state index in [2.05, 4.69) is 0 Å². The summed E-state index contributed by atoms with van der Waals surface area (Å²) < 4.78 is 27.7. The van der Waals surface area contributed by atoms with Gasteiger partial charge in [0.25, 0.3) is 5.69 Å². The Labute approximate surface area is 187 Å². The molecule has 0 saturated carbocycles. The molecule has 0 aromatic heterocycles. The summed E-state index contributed by atoms with van der Waals surface area (Å²) >= 11 is 0. The summed E-state index contributed by atoms with van der Waals surface area (Å²) in [6.45, 7) is 0.459. The van der Waals surface area contributed by atoms with Crippen LogP contribution < -0.4 is 0 Å². The SMILES string of the molecule is N#CCCN(CCCc1ccccc1)S(=O)(=O)c1ccc(-c2ccc([N+](=O)[O-])cc2)cc1. The van der Waals surface area contributed by atoms with E-state index in [4.69, 9.17) is 5.26 Å². The van der Waals surface area contributed by atoms with Crippen molar-refractivity contribution in [2.45, 2.75) is 24.2 Å². The fourth-order valence-corrected chi connectivity index (χ4v) is 4.85. The Morgan fingerprint density at radius 1 is 0.875 bits per heavy atom. The predicted octanol–water partition coefficient (Wildman–Crippen LogP) is 4.80. The van der Waals surface area contributed by atoms with Crippen molar-refractivity contribution in [1.82, 2.24) is 4.31 Å². The van der Waals surface area contributed by atoms with Gasteiger partial charge in [0.1, 0.15) is 0 Å². The lowest BCUT2D eigenvalue weighted by molar-refractivity contribution is -0.384. The number of nitro groups is 1. The topological polar surface area (TPSA) is 104 Å². The molecule has 0 heterocycles. The highest BCUT2D eigenvalue weighted by atomic mass is 32.2. The van der Waals surface area contributed by atoms with E-state index in [0.717, 1.165) is 23.1 Å². The van der Waals surface area contributed by atoms with E-state index < -0.39 is 14.9 Å². The summed E-state index contributed by atoms with van der Waals surface area (Å²) in [5, 5.41) is 19.8. The van der Waals surface area contributed by atoms with E-state index in [0.29, 0.717) is 13.0 Å². The number of sulfonamides is 1. The lowest BCUT2D eigenvalue weighted by Gasteiger charge is -2.21. The first kappa shape index (κ1) is 23.1. The maximum atomic E-state index is 13.2. The normalized spacial score (nSPS) is 11.2. The van der Waals surface area contributed by atoms with Crippen molar-refractivity contribution in [1.29, 1.82) is 5.26 Å². The molecule has 0 aliphatic carbocycles. The standard InChI is InChI=1S/C24H23N3O4S/c25-17-5-19-26(18-4-8-20-6-2-1-3-7-20)32(30,31)24-15-11-22(12-16-24)21-9-13-23(14-10-21)27(28)29/h1-3,6-7,9-16H,4-5,8,18-19H2. The molecule has 32 heavy (non-hydrogen) atoms. The molecule has 8 heteroatoms. The molecule has 0 amide bonds. The highest BCUT2D eigenvalue weighted by Gasteiger charge is 2.24. The van der Waals surface area contributed by atoms with Gasteiger partial charge in [-0.3, -0.25) is 10.1 Å². The molecule has 0 fully saturated rings. The van der Waals surface area contributed by atoms with Crippen LogP contribution in [0.25, 0.3) is 11.1 Å². The summed E-state index contributed by atoms with van der Waals surface area (Å²) in [4.78, 5) is 10.5. The van der Waals surface area contributed by atoms with E-state index in [1.54, 1.807) is 24.3 Å². The number of rotatable bonds is 10. The minimum atomic E-state index is -3.75. The summed E-state index contributed by atoms with van der Waals surface area (Å²) in [6.07, 6.45) is 1.51. The van der Waals surface area contributed by atoms with Crippen LogP contribution in [0.3, 0.4) is 0 Å². The van der Waals surface area contributed by atoms with Gasteiger partial charge in [-0.1, -0.05) is 42.5 Å². The predicted molar refractivity (Wildman–Crippen MR) is 122 cm³/mol. The first-order chi connectivity index (χ1) is 15.4. The average molecular weight is 450 g/mol. The third kappa shape index (κ3) is 5.78. The van der Waals surface area contributed by atoms with Crippen LogP contribution in [0.1, 0.15) is 18.4 Å². The van der Waals surface area contributed by atoms with Crippen LogP contribution in [0, 0.1) is 21.4 Å². The molecule has 0 unspecified atom stereocenters. The van der Waals surface area contributed by atoms with E-state index >= 15 is 0 Å². The summed E-state index contributed by atoms with van der Waals surface area (Å²) in [5.74, 6) is 0. The number of non-ortho nitro benzene ring substituents is 1. The van der Waals surface area contributed by atoms with Gasteiger partial charge < -0.3 is 0 Å². The summed E-state index contributed by atoms with van der Waals surface area (Å²) in [6, 6.07) is 24.4. The van der Waals surface area contributed by atoms with Crippen LogP contribution in [0.5, 0.6) is 0 Å². The Kier molecular flexibility index (Phi) is 7.71. The average Bonchev–Trinajstić information content (AvgIpc) is 2.82. The summed E-state index contributed by atoms with van der Waals surface area (Å²) in [5.41, 5.74) is 2.64. The highest BCUT2D eigenvalue weighted by Crippen LogP contribution is 2.25. The van der Waals surface area contributed by atoms with Crippen molar-refractivity contribution >= 4 is 15.7 Å². The van der Waals surface area contributed by atoms with Gasteiger partial charge in [0.05, 0.1) is 15.9 Å². The van der Waals surface area contributed by atoms with Crippen LogP contribution in [0.15, 0.2) is 83.8 Å². The van der Waals surface area contributed by atoms with Gasteiger partial charge in [-0.15, -0.1) is 0 Å². The maximum Gasteiger partial charge on any atom is 0.269 e. The zero-order valence-corrected chi connectivity index (χ0v) is 18.2. The second kappa shape index (κ2) is 10.7. The molecule has 0 aliphatic heterocycles. The monoisotopic (exact) mass is 449 g/mol. The van der Waals surface area contributed by atoms with Crippen molar-refractivity contribution in [2.75, 3.05) is 13.1 Å². The quantitative estimate of drug-likeness (QED) is 0.327. The number of hydrogen-bond acceptors (Lipinski definition) is 5. The van der Waals surface area contributed by atoms with Crippen molar-refractivity contribution < 1.29 is 13.3 Å². The fourth-order valence-electron chi connectivity index (χ4n) is 3.38. The zero-order valence-electron chi connectivity index (χ0n) is 17.4. The van der Waals surface area contributed by atoms with E-state index in [9.17, 15) is 18.5 Å². The molecular weight excluding hydrogens is 426 g/mol. The zero-order chi connectivity index (χ0) is 23.0. The van der Waals surface area contributed by atoms with Gasteiger partial charge in [-0.25, -0.2) is 8.42 Å². The number of nitriles is 1. The smallest absolute Gasteiger partial charge is 0.258 e. The van der Waals surface area contributed by atoms with Crippen LogP contribution in [0.4, 0.5) is 5.69 Å². The van der Waals surface area contributed by atoms with Crippen LogP contribution >= 0.6 is 0 Å². The Balaban J connectivity index is 1.74. The van der Waals surface area contributed by atoms with Gasteiger partial charge in [0.15, 0.2) is 0 Å². The first-order valence-electron chi connectivity index (χ1n) is 10.2. The number of nitro benzene ring substituents is 1. The Morgan fingerprint density at radius 3 is 2.03 bits per heavy atom. The molecule has 3 aromatic rings. The molecule has 0 aliphatic rings. The molecule has 0 radical (unpaired) electrons. The molecule has 0 atom stereocenters. The van der Waals surface area contributed by atoms with Crippen molar-refractivity contribution in [3.63, 3.8) is 0 Å². The molecule has 3 aromatic carbocycles. The fraction of sp³-hybridized carbons (Fsp3) is 0.208. The Morgan fingerprint density at radius 2 is 1.47 bits per heavy atom. The lowest BCUT2D eigenvalue weighted by Crippen LogP contribution is -2.33. The molecule has 164 valence electrons. The van der Waals surface area contributed by atoms with Gasteiger partial charge in [-0.05, 0) is 53.8 Å². The van der Waals surface area contributed by atoms with Gasteiger partial charge in [0, 0.05) is 31.6 Å². The molecule has 7 nitrogen and oxygen atoms in total. The van der Waals surface area contributed by atoms with E-state index in [1.807, 2.05) is 36.4 Å². The second-order valence-electron chi connectivity index (χ2n) is 7.23. The van der Waals surface area contributed by atoms with E-state index in [1.165, 1.54) is 28.6 Å². The maximum absolute atomic E-state index is 13.2. The Hall–Kier alpha value is -3.54. The molecular formula is C24H23N3O4S. The number of nitrogens with zero attached hydrogens (tertiary/aromatic N) is 3. The third-order valence-electron chi connectivity index (χ3n) is 5.09. The molecule has 3 rings (SSSR count). The van der Waals surface area contributed by atoms with Crippen molar-refractivity contribution in [2.24, 2.45) is 0 Å². The first-order valence-corrected chi connectivity index (χ1v) is 11.6. The molecule has 0 spiro atoms. The lowest BCUT2D eigenvalue weighted by atomic mass is 10.1. The van der Waals surface area contributed by atoms with Gasteiger partial charge in [-0.2, -0.15) is 9.57 Å². The molecule has 0 N–H and O–H groups in total. The number of aryl methyl sites for hydroxylation is 1. The highest BCUT2D eigenvalue weighted by molar-refractivity contribution is 7.89. The number of benzene rings is 3. The van der Waals surface area contributed by atoms with Gasteiger partial charge >= 0.3 is 0 Å². The third-order valence-corrected chi connectivity index (χ3v) is 7.01. The van der Waals surface area contributed by atoms with Crippen LogP contribution in [-0.4, -0.2) is 30.7 Å². The minimum Gasteiger partial charge on any atom is -0.258 e. The largest absolute Gasteiger partial charge is 0.269 e. The molecule has 0 bridgehead atoms. The second-order valence-corrected chi connectivity index (χ2v) is 9.17. The van der Waals surface area contributed by atoms with Crippen molar-refractivity contribution in [3.8, 4) is 17.2 Å². The number of hydrogen-bond donors (Lipinski definition) is 0. The van der Waals surface area contributed by atoms with Crippen molar-refractivity contribution in [3.05, 3.63) is 94.5 Å². The van der Waals surface area contributed by atoms with E-state index in [-0.39, 0.29) is 23.5 Å². The minimum absolute atomic E-state index is 0.00316. The van der Waals surface area contributed by atoms with Crippen LogP contribution in [-0.2, 0) is 16.4 Å². The summed E-state index contributed by atoms with van der Waals surface area (Å²) in [7, 11) is -3.75. The Bertz CT molecular complexity index is 1190. The van der Waals surface area contributed by atoms with Crippen LogP contribution in [0.2, 0.25) is 0 Å². The van der Waals surface area contributed by atoms with Gasteiger partial charge in [0.2, 0.25) is 10.0 Å².